The summed E-state index contributed by atoms with van der Waals surface area (Å²) in [6.45, 7) is 6.02. The van der Waals surface area contributed by atoms with Crippen LogP contribution in [0.25, 0.3) is 0 Å². The number of rotatable bonds is 1. The summed E-state index contributed by atoms with van der Waals surface area (Å²) in [5.74, 6) is -0.136. The number of hydrogen-bond donors (Lipinski definition) is 1. The quantitative estimate of drug-likeness (QED) is 0.807. The molecule has 0 aromatic heterocycles. The first-order valence-electron chi connectivity index (χ1n) is 7.83. The number of carbonyl (C=O) groups excluding carboxylic acids is 1. The van der Waals surface area contributed by atoms with Gasteiger partial charge in [-0.3, -0.25) is 4.79 Å². The third-order valence-electron chi connectivity index (χ3n) is 5.18. The Labute approximate surface area is 130 Å². The van der Waals surface area contributed by atoms with Crippen molar-refractivity contribution < 1.29 is 14.7 Å². The van der Waals surface area contributed by atoms with Gasteiger partial charge in [-0.2, -0.15) is 11.8 Å². The van der Waals surface area contributed by atoms with Crippen LogP contribution in [0.1, 0.15) is 39.5 Å². The van der Waals surface area contributed by atoms with Gasteiger partial charge in [-0.05, 0) is 25.7 Å². The largest absolute Gasteiger partial charge is 0.481 e. The van der Waals surface area contributed by atoms with Gasteiger partial charge in [0.2, 0.25) is 0 Å². The lowest BCUT2D eigenvalue weighted by atomic mass is 9.89. The summed E-state index contributed by atoms with van der Waals surface area (Å²) >= 11 is 1.92. The molecule has 118 valence electrons. The Hall–Kier alpha value is -0.910. The second-order valence-corrected chi connectivity index (χ2v) is 8.82. The highest BCUT2D eigenvalue weighted by atomic mass is 32.2. The standard InChI is InChI=1S/C15H24N2O3S/c1-15(2)5-6-16(7-8-21-15)14(20)17-10-3-4-12(17)11(9-10)13(18)19/h10-12H,3-9H2,1-2H3,(H,18,19). The SMILES string of the molecule is CC1(C)CCN(C(=O)N2C3CCC2C(C(=O)O)C3)CCS1. The van der Waals surface area contributed by atoms with E-state index in [2.05, 4.69) is 13.8 Å². The molecule has 3 heterocycles. The molecule has 3 unspecified atom stereocenters. The first kappa shape index (κ1) is 15.0. The number of carboxylic acids is 1. The van der Waals surface area contributed by atoms with Gasteiger partial charge in [0.15, 0.2) is 0 Å². The lowest BCUT2D eigenvalue weighted by molar-refractivity contribution is -0.142. The highest BCUT2D eigenvalue weighted by Crippen LogP contribution is 2.42. The highest BCUT2D eigenvalue weighted by Gasteiger charge is 2.52. The Morgan fingerprint density at radius 3 is 2.67 bits per heavy atom. The van der Waals surface area contributed by atoms with Crippen LogP contribution in [0.15, 0.2) is 0 Å². The molecule has 0 saturated carbocycles. The minimum Gasteiger partial charge on any atom is -0.481 e. The summed E-state index contributed by atoms with van der Waals surface area (Å²) in [6, 6.07) is 0.140. The third-order valence-corrected chi connectivity index (χ3v) is 6.56. The third kappa shape index (κ3) is 2.74. The van der Waals surface area contributed by atoms with Gasteiger partial charge in [0.1, 0.15) is 0 Å². The van der Waals surface area contributed by atoms with E-state index in [4.69, 9.17) is 0 Å². The fraction of sp³-hybridized carbons (Fsp3) is 0.867. The van der Waals surface area contributed by atoms with Crippen LogP contribution in [0.5, 0.6) is 0 Å². The Morgan fingerprint density at radius 1 is 1.24 bits per heavy atom. The summed E-state index contributed by atoms with van der Waals surface area (Å²) in [6.07, 6.45) is 3.45. The topological polar surface area (TPSA) is 60.9 Å². The molecule has 6 heteroatoms. The van der Waals surface area contributed by atoms with Gasteiger partial charge in [0.25, 0.3) is 0 Å². The number of hydrogen-bond acceptors (Lipinski definition) is 3. The second-order valence-electron chi connectivity index (χ2n) is 7.01. The number of amides is 2. The van der Waals surface area contributed by atoms with Crippen LogP contribution in [0.3, 0.4) is 0 Å². The minimum atomic E-state index is -0.743. The first-order valence-corrected chi connectivity index (χ1v) is 8.81. The lowest BCUT2D eigenvalue weighted by Crippen LogP contribution is -2.47. The van der Waals surface area contributed by atoms with Crippen LogP contribution in [0.4, 0.5) is 4.79 Å². The second kappa shape index (κ2) is 5.38. The maximum absolute atomic E-state index is 12.8. The van der Waals surface area contributed by atoms with Crippen molar-refractivity contribution in [3.8, 4) is 0 Å². The number of urea groups is 1. The van der Waals surface area contributed by atoms with Gasteiger partial charge in [0.05, 0.1) is 5.92 Å². The Balaban J connectivity index is 1.70. The summed E-state index contributed by atoms with van der Waals surface area (Å²) in [7, 11) is 0. The fourth-order valence-corrected chi connectivity index (χ4v) is 5.03. The lowest BCUT2D eigenvalue weighted by Gasteiger charge is -2.30. The van der Waals surface area contributed by atoms with Crippen molar-refractivity contribution in [2.45, 2.75) is 56.4 Å². The highest BCUT2D eigenvalue weighted by molar-refractivity contribution is 8.00. The van der Waals surface area contributed by atoms with Crippen molar-refractivity contribution in [1.29, 1.82) is 0 Å². The molecule has 3 atom stereocenters. The molecule has 3 fully saturated rings. The molecule has 3 rings (SSSR count). The maximum atomic E-state index is 12.8. The molecular formula is C15H24N2O3S. The zero-order valence-electron chi connectivity index (χ0n) is 12.7. The molecule has 3 aliphatic heterocycles. The van der Waals surface area contributed by atoms with E-state index < -0.39 is 5.97 Å². The van der Waals surface area contributed by atoms with E-state index in [0.29, 0.717) is 6.42 Å². The molecule has 3 saturated heterocycles. The van der Waals surface area contributed by atoms with Gasteiger partial charge >= 0.3 is 12.0 Å². The van der Waals surface area contributed by atoms with E-state index >= 15 is 0 Å². The minimum absolute atomic E-state index is 0.0737. The fourth-order valence-electron chi connectivity index (χ4n) is 3.93. The summed E-state index contributed by atoms with van der Waals surface area (Å²) in [4.78, 5) is 28.0. The summed E-state index contributed by atoms with van der Waals surface area (Å²) in [5.41, 5.74) is 0. The molecule has 0 radical (unpaired) electrons. The molecule has 0 aromatic carbocycles. The van der Waals surface area contributed by atoms with E-state index in [-0.39, 0.29) is 28.8 Å². The van der Waals surface area contributed by atoms with Crippen molar-refractivity contribution in [2.24, 2.45) is 5.92 Å². The first-order chi connectivity index (χ1) is 9.89. The van der Waals surface area contributed by atoms with Gasteiger partial charge in [-0.25, -0.2) is 4.79 Å². The zero-order chi connectivity index (χ0) is 15.2. The molecule has 21 heavy (non-hydrogen) atoms. The van der Waals surface area contributed by atoms with E-state index in [1.807, 2.05) is 21.6 Å². The molecule has 0 aromatic rings. The predicted molar refractivity (Wildman–Crippen MR) is 82.5 cm³/mol. The van der Waals surface area contributed by atoms with Crippen LogP contribution >= 0.6 is 11.8 Å². The Bertz CT molecular complexity index is 454. The number of carboxylic acid groups (broad SMARTS) is 1. The number of thioether (sulfide) groups is 1. The smallest absolute Gasteiger partial charge is 0.320 e. The molecule has 0 aliphatic carbocycles. The molecule has 2 bridgehead atoms. The van der Waals surface area contributed by atoms with Crippen molar-refractivity contribution in [2.75, 3.05) is 18.8 Å². The maximum Gasteiger partial charge on any atom is 0.320 e. The van der Waals surface area contributed by atoms with Crippen LogP contribution in [-0.2, 0) is 4.79 Å². The van der Waals surface area contributed by atoms with Crippen molar-refractivity contribution in [1.82, 2.24) is 9.80 Å². The molecule has 0 spiro atoms. The monoisotopic (exact) mass is 312 g/mol. The van der Waals surface area contributed by atoms with E-state index in [0.717, 1.165) is 38.1 Å². The van der Waals surface area contributed by atoms with Crippen molar-refractivity contribution >= 4 is 23.8 Å². The molecule has 5 nitrogen and oxygen atoms in total. The van der Waals surface area contributed by atoms with Gasteiger partial charge in [-0.1, -0.05) is 13.8 Å². The van der Waals surface area contributed by atoms with E-state index in [1.165, 1.54) is 0 Å². The van der Waals surface area contributed by atoms with Crippen LogP contribution in [0.2, 0.25) is 0 Å². The number of carbonyl (C=O) groups is 2. The number of aliphatic carboxylic acids is 1. The van der Waals surface area contributed by atoms with Crippen molar-refractivity contribution in [3.05, 3.63) is 0 Å². The van der Waals surface area contributed by atoms with E-state index in [9.17, 15) is 14.7 Å². The Kier molecular flexibility index (Phi) is 3.84. The number of nitrogens with zero attached hydrogens (tertiary/aromatic N) is 2. The Morgan fingerprint density at radius 2 is 2.00 bits per heavy atom. The molecule has 2 amide bonds. The zero-order valence-corrected chi connectivity index (χ0v) is 13.6. The van der Waals surface area contributed by atoms with E-state index in [1.54, 1.807) is 0 Å². The van der Waals surface area contributed by atoms with Crippen LogP contribution in [0, 0.1) is 5.92 Å². The summed E-state index contributed by atoms with van der Waals surface area (Å²) in [5, 5.41) is 9.30. The molecule has 1 N–H and O–H groups in total. The average molecular weight is 312 g/mol. The van der Waals surface area contributed by atoms with Crippen LogP contribution < -0.4 is 0 Å². The van der Waals surface area contributed by atoms with Crippen molar-refractivity contribution in [3.63, 3.8) is 0 Å². The summed E-state index contributed by atoms with van der Waals surface area (Å²) < 4.78 is 0.225. The average Bonchev–Trinajstić information content (AvgIpc) is 2.93. The number of fused-ring (bicyclic) bond motifs is 2. The van der Waals surface area contributed by atoms with Gasteiger partial charge in [-0.15, -0.1) is 0 Å². The predicted octanol–water partition coefficient (Wildman–Crippen LogP) is 2.26. The van der Waals surface area contributed by atoms with Crippen LogP contribution in [-0.4, -0.2) is 62.6 Å². The van der Waals surface area contributed by atoms with Gasteiger partial charge < -0.3 is 14.9 Å². The normalized spacial score (nSPS) is 34.9. The van der Waals surface area contributed by atoms with Gasteiger partial charge in [0, 0.05) is 35.7 Å². The molecule has 3 aliphatic rings. The molecular weight excluding hydrogens is 288 g/mol.